The number of cyclic esters (lactones) is 2. The van der Waals surface area contributed by atoms with Crippen LogP contribution in [0.1, 0.15) is 64.5 Å². The van der Waals surface area contributed by atoms with Gasteiger partial charge in [0.1, 0.15) is 22.7 Å². The first-order valence-corrected chi connectivity index (χ1v) is 11.8. The van der Waals surface area contributed by atoms with Gasteiger partial charge in [0.25, 0.3) is 0 Å². The van der Waals surface area contributed by atoms with E-state index in [0.717, 1.165) is 18.4 Å². The summed E-state index contributed by atoms with van der Waals surface area (Å²) in [5.74, 6) is -2.40. The Morgan fingerprint density at radius 3 is 2.73 bits per heavy atom. The van der Waals surface area contributed by atoms with E-state index in [1.165, 1.54) is 6.08 Å². The lowest BCUT2D eigenvalue weighted by Crippen LogP contribution is -2.47. The van der Waals surface area contributed by atoms with Crippen molar-refractivity contribution in [3.05, 3.63) is 36.3 Å². The van der Waals surface area contributed by atoms with Gasteiger partial charge in [0, 0.05) is 35.8 Å². The smallest absolute Gasteiger partial charge is 0.331 e. The van der Waals surface area contributed by atoms with E-state index >= 15 is 0 Å². The van der Waals surface area contributed by atoms with Crippen LogP contribution in [0.2, 0.25) is 0 Å². The highest BCUT2D eigenvalue weighted by Crippen LogP contribution is 2.88. The van der Waals surface area contributed by atoms with Gasteiger partial charge in [-0.3, -0.25) is 4.79 Å². The summed E-state index contributed by atoms with van der Waals surface area (Å²) in [6, 6.07) is 1.85. The number of aliphatic hydroxyl groups is 1. The first-order valence-electron chi connectivity index (χ1n) is 11.8. The maximum atomic E-state index is 13.4. The van der Waals surface area contributed by atoms with Gasteiger partial charge in [-0.1, -0.05) is 0 Å². The third kappa shape index (κ3) is 2.23. The Labute approximate surface area is 191 Å². The molecule has 7 rings (SSSR count). The summed E-state index contributed by atoms with van der Waals surface area (Å²) in [7, 11) is 0. The molecule has 33 heavy (non-hydrogen) atoms. The summed E-state index contributed by atoms with van der Waals surface area (Å²) in [6.45, 7) is 5.66. The van der Waals surface area contributed by atoms with Crippen LogP contribution >= 0.6 is 0 Å². The Morgan fingerprint density at radius 2 is 2.03 bits per heavy atom. The zero-order valence-corrected chi connectivity index (χ0v) is 19.0. The molecule has 5 fully saturated rings. The second kappa shape index (κ2) is 5.56. The van der Waals surface area contributed by atoms with E-state index in [2.05, 4.69) is 0 Å². The van der Waals surface area contributed by atoms with Crippen molar-refractivity contribution in [2.24, 2.45) is 16.7 Å². The van der Waals surface area contributed by atoms with Crippen molar-refractivity contribution in [1.82, 2.24) is 0 Å². The van der Waals surface area contributed by atoms with Crippen molar-refractivity contribution in [2.75, 3.05) is 0 Å². The van der Waals surface area contributed by atoms with Gasteiger partial charge in [-0.05, 0) is 52.2 Å². The molecule has 8 heteroatoms. The number of ether oxygens (including phenoxy) is 4. The van der Waals surface area contributed by atoms with Gasteiger partial charge in [-0.15, -0.1) is 0 Å². The van der Waals surface area contributed by atoms with Gasteiger partial charge in [0.05, 0.1) is 24.2 Å². The van der Waals surface area contributed by atoms with E-state index in [-0.39, 0.29) is 48.3 Å². The van der Waals surface area contributed by atoms with Crippen LogP contribution in [0.25, 0.3) is 0 Å². The minimum absolute atomic E-state index is 0.0987. The molecule has 1 aromatic heterocycles. The molecule has 2 aliphatic carbocycles. The summed E-state index contributed by atoms with van der Waals surface area (Å²) >= 11 is 0. The fourth-order valence-corrected chi connectivity index (χ4v) is 8.20. The van der Waals surface area contributed by atoms with E-state index in [0.29, 0.717) is 6.42 Å². The Kier molecular flexibility index (Phi) is 3.41. The van der Waals surface area contributed by atoms with Gasteiger partial charge in [0.2, 0.25) is 0 Å². The first-order chi connectivity index (χ1) is 15.5. The van der Waals surface area contributed by atoms with Gasteiger partial charge >= 0.3 is 11.9 Å². The number of furan rings is 1. The summed E-state index contributed by atoms with van der Waals surface area (Å²) in [4.78, 5) is 25.2. The van der Waals surface area contributed by atoms with Crippen LogP contribution in [-0.2, 0) is 28.5 Å². The second-order valence-corrected chi connectivity index (χ2v) is 11.6. The van der Waals surface area contributed by atoms with E-state index in [1.807, 2.05) is 26.8 Å². The van der Waals surface area contributed by atoms with Crippen LogP contribution in [0.4, 0.5) is 0 Å². The van der Waals surface area contributed by atoms with Crippen LogP contribution in [0, 0.1) is 16.7 Å². The Balaban J connectivity index is 1.21. The number of hydrogen-bond acceptors (Lipinski definition) is 8. The molecule has 6 aliphatic rings. The SMILES string of the molecule is CC1(C)O[C@](O)(C[C@@]23O[C@@H]2CC[C@]24C[C@@]23C(=O)O[C@@H]4c2ccoc2)C[C@H]1[C@]1(C)C=CC(=O)O1. The molecular weight excluding hydrogens is 428 g/mol. The molecule has 3 saturated heterocycles. The van der Waals surface area contributed by atoms with Gasteiger partial charge in [0.15, 0.2) is 5.79 Å². The number of esters is 2. The molecule has 0 radical (unpaired) electrons. The molecule has 0 aromatic carbocycles. The number of rotatable bonds is 4. The number of hydrogen-bond donors (Lipinski definition) is 1. The molecule has 0 bridgehead atoms. The molecule has 0 unspecified atom stereocenters. The summed E-state index contributed by atoms with van der Waals surface area (Å²) < 4.78 is 29.4. The fourth-order valence-electron chi connectivity index (χ4n) is 8.20. The molecule has 8 nitrogen and oxygen atoms in total. The third-order valence-electron chi connectivity index (χ3n) is 9.53. The predicted octanol–water partition coefficient (Wildman–Crippen LogP) is 2.95. The lowest BCUT2D eigenvalue weighted by Gasteiger charge is -2.36. The van der Waals surface area contributed by atoms with Crippen molar-refractivity contribution >= 4 is 11.9 Å². The van der Waals surface area contributed by atoms with Crippen molar-refractivity contribution in [3.63, 3.8) is 0 Å². The van der Waals surface area contributed by atoms with Crippen molar-refractivity contribution in [1.29, 1.82) is 0 Å². The first kappa shape index (κ1) is 20.2. The molecule has 2 saturated carbocycles. The fraction of sp³-hybridized carbons (Fsp3) is 0.680. The van der Waals surface area contributed by atoms with Crippen LogP contribution in [0.5, 0.6) is 0 Å². The highest BCUT2D eigenvalue weighted by atomic mass is 16.7. The molecule has 1 aromatic rings. The third-order valence-corrected chi connectivity index (χ3v) is 9.53. The van der Waals surface area contributed by atoms with Crippen molar-refractivity contribution in [2.45, 2.75) is 87.7 Å². The minimum Gasteiger partial charge on any atom is -0.472 e. The number of carbonyl (C=O) groups excluding carboxylic acids is 2. The average molecular weight is 456 g/mol. The molecule has 4 aliphatic heterocycles. The quantitative estimate of drug-likeness (QED) is 0.544. The average Bonchev–Trinajstić information content (AvgIpc) is 3.33. The van der Waals surface area contributed by atoms with Crippen LogP contribution in [0.15, 0.2) is 35.2 Å². The lowest BCUT2D eigenvalue weighted by molar-refractivity contribution is -0.231. The monoisotopic (exact) mass is 456 g/mol. The van der Waals surface area contributed by atoms with Crippen molar-refractivity contribution in [3.8, 4) is 0 Å². The molecule has 176 valence electrons. The summed E-state index contributed by atoms with van der Waals surface area (Å²) in [5, 5.41) is 11.7. The standard InChI is InChI=1S/C25H28O8/c1-20(2)15(21(3)7-5-17(26)32-21)10-23(28,33-20)13-25-16(31-25)4-8-22-12-24(22,25)19(27)30-18(22)14-6-9-29-11-14/h5-7,9,11,15-16,18,28H,4,8,10,12-13H2,1-3H3/t15-,16-,18-,21+,22-,23+,24-,25-/m1/s1. The van der Waals surface area contributed by atoms with Crippen LogP contribution in [-0.4, -0.2) is 45.7 Å². The van der Waals surface area contributed by atoms with E-state index in [9.17, 15) is 14.7 Å². The number of carbonyl (C=O) groups is 2. The topological polar surface area (TPSA) is 108 Å². The largest absolute Gasteiger partial charge is 0.472 e. The zero-order chi connectivity index (χ0) is 23.1. The lowest BCUT2D eigenvalue weighted by atomic mass is 9.67. The normalized spacial score (nSPS) is 52.7. The maximum Gasteiger partial charge on any atom is 0.331 e. The second-order valence-electron chi connectivity index (χ2n) is 11.6. The highest BCUT2D eigenvalue weighted by molar-refractivity contribution is 5.89. The summed E-state index contributed by atoms with van der Waals surface area (Å²) in [6.07, 6.45) is 8.77. The maximum absolute atomic E-state index is 13.4. The molecule has 1 N–H and O–H groups in total. The molecule has 8 atom stereocenters. The predicted molar refractivity (Wildman–Crippen MR) is 110 cm³/mol. The highest BCUT2D eigenvalue weighted by Gasteiger charge is 2.95. The Morgan fingerprint density at radius 1 is 1.21 bits per heavy atom. The van der Waals surface area contributed by atoms with E-state index in [4.69, 9.17) is 23.4 Å². The summed E-state index contributed by atoms with van der Waals surface area (Å²) in [5.41, 5.74) is -2.64. The van der Waals surface area contributed by atoms with Gasteiger partial charge < -0.3 is 28.5 Å². The van der Waals surface area contributed by atoms with Gasteiger partial charge in [-0.25, -0.2) is 4.79 Å². The Bertz CT molecular complexity index is 1110. The number of fused-ring (bicyclic) bond motifs is 1. The van der Waals surface area contributed by atoms with Crippen LogP contribution in [0.3, 0.4) is 0 Å². The molecule has 5 heterocycles. The van der Waals surface area contributed by atoms with E-state index in [1.54, 1.807) is 18.6 Å². The molecule has 0 amide bonds. The molecular formula is C25H28O8. The number of epoxide rings is 1. The van der Waals surface area contributed by atoms with E-state index < -0.39 is 28.0 Å². The Hall–Kier alpha value is -2.16. The van der Waals surface area contributed by atoms with Crippen LogP contribution < -0.4 is 0 Å². The molecule has 0 spiro atoms. The zero-order valence-electron chi connectivity index (χ0n) is 19.0. The van der Waals surface area contributed by atoms with Crippen molar-refractivity contribution < 1.29 is 38.1 Å². The minimum atomic E-state index is -1.51. The van der Waals surface area contributed by atoms with Gasteiger partial charge in [-0.2, -0.15) is 0 Å².